The van der Waals surface area contributed by atoms with Crippen molar-refractivity contribution in [3.05, 3.63) is 0 Å². The molecule has 0 aromatic heterocycles. The largest absolute Gasteiger partial charge is 0.300 e. The summed E-state index contributed by atoms with van der Waals surface area (Å²) >= 11 is 0. The molecule has 1 aliphatic carbocycles. The molecule has 1 aliphatic rings. The zero-order valence-electron chi connectivity index (χ0n) is 12.7. The van der Waals surface area contributed by atoms with E-state index in [1.807, 2.05) is 0 Å². The van der Waals surface area contributed by atoms with Gasteiger partial charge in [0.2, 0.25) is 0 Å². The summed E-state index contributed by atoms with van der Waals surface area (Å²) in [5.74, 6) is 0.745. The monoisotopic (exact) mass is 250 g/mol. The van der Waals surface area contributed by atoms with Crippen molar-refractivity contribution in [2.45, 2.75) is 72.3 Å². The first-order valence-corrected chi connectivity index (χ1v) is 7.60. The van der Waals surface area contributed by atoms with Crippen LogP contribution < -0.4 is 0 Å². The molecule has 0 heterocycles. The molecule has 2 heteroatoms. The number of hydrogen-bond acceptors (Lipinski definition) is 2. The summed E-state index contributed by atoms with van der Waals surface area (Å²) < 4.78 is 0. The maximum absolute atomic E-state index is 9.05. The van der Waals surface area contributed by atoms with Crippen LogP contribution in [0, 0.1) is 22.7 Å². The molecule has 0 atom stereocenters. The van der Waals surface area contributed by atoms with E-state index < -0.39 is 0 Å². The van der Waals surface area contributed by atoms with Crippen molar-refractivity contribution >= 4 is 0 Å². The first-order valence-electron chi connectivity index (χ1n) is 7.60. The molecule has 0 bridgehead atoms. The van der Waals surface area contributed by atoms with Crippen LogP contribution in [0.4, 0.5) is 0 Å². The maximum atomic E-state index is 9.05. The van der Waals surface area contributed by atoms with E-state index in [4.69, 9.17) is 5.26 Å². The van der Waals surface area contributed by atoms with Crippen LogP contribution in [0.2, 0.25) is 0 Å². The second kappa shape index (κ2) is 7.14. The Morgan fingerprint density at radius 3 is 2.39 bits per heavy atom. The molecule has 0 radical (unpaired) electrons. The molecule has 18 heavy (non-hydrogen) atoms. The minimum Gasteiger partial charge on any atom is -0.300 e. The highest BCUT2D eigenvalue weighted by Gasteiger charge is 2.24. The Morgan fingerprint density at radius 1 is 1.28 bits per heavy atom. The van der Waals surface area contributed by atoms with Gasteiger partial charge in [-0.2, -0.15) is 5.26 Å². The van der Waals surface area contributed by atoms with Gasteiger partial charge in [0.1, 0.15) is 0 Å². The van der Waals surface area contributed by atoms with Gasteiger partial charge in [0.25, 0.3) is 0 Å². The van der Waals surface area contributed by atoms with Gasteiger partial charge in [-0.25, -0.2) is 0 Å². The van der Waals surface area contributed by atoms with Gasteiger partial charge in [0, 0.05) is 12.6 Å². The molecule has 0 amide bonds. The molecule has 0 aromatic rings. The van der Waals surface area contributed by atoms with E-state index in [-0.39, 0.29) is 5.41 Å². The highest BCUT2D eigenvalue weighted by Crippen LogP contribution is 2.26. The summed E-state index contributed by atoms with van der Waals surface area (Å²) in [6.07, 6.45) is 7.75. The SMILES string of the molecule is CC(C)CN(CCCC(C)(C)C#N)C1CCCC1. The molecule has 104 valence electrons. The van der Waals surface area contributed by atoms with Crippen molar-refractivity contribution in [3.8, 4) is 6.07 Å². The standard InChI is InChI=1S/C16H30N2/c1-14(2)12-18(15-8-5-6-9-15)11-7-10-16(3,4)13-17/h14-15H,5-12H2,1-4H3. The molecule has 0 unspecified atom stereocenters. The van der Waals surface area contributed by atoms with E-state index in [0.29, 0.717) is 0 Å². The lowest BCUT2D eigenvalue weighted by molar-refractivity contribution is 0.169. The van der Waals surface area contributed by atoms with Crippen LogP contribution in [0.1, 0.15) is 66.2 Å². The van der Waals surface area contributed by atoms with Gasteiger partial charge in [-0.15, -0.1) is 0 Å². The Morgan fingerprint density at radius 2 is 1.89 bits per heavy atom. The number of rotatable bonds is 7. The van der Waals surface area contributed by atoms with Crippen LogP contribution in [0.15, 0.2) is 0 Å². The normalized spacial score (nSPS) is 17.6. The number of hydrogen-bond donors (Lipinski definition) is 0. The Labute approximate surface area is 113 Å². The van der Waals surface area contributed by atoms with Crippen LogP contribution >= 0.6 is 0 Å². The first kappa shape index (κ1) is 15.5. The van der Waals surface area contributed by atoms with E-state index >= 15 is 0 Å². The number of nitrogens with zero attached hydrogens (tertiary/aromatic N) is 2. The fourth-order valence-electron chi connectivity index (χ4n) is 2.94. The minimum absolute atomic E-state index is 0.154. The van der Waals surface area contributed by atoms with Crippen LogP contribution in [-0.2, 0) is 0 Å². The van der Waals surface area contributed by atoms with Crippen LogP contribution in [0.5, 0.6) is 0 Å². The van der Waals surface area contributed by atoms with Crippen molar-refractivity contribution in [2.24, 2.45) is 11.3 Å². The third-order valence-corrected chi connectivity index (χ3v) is 3.99. The van der Waals surface area contributed by atoms with Gasteiger partial charge in [-0.1, -0.05) is 26.7 Å². The second-order valence-electron chi connectivity index (χ2n) is 6.93. The zero-order chi connectivity index (χ0) is 13.6. The van der Waals surface area contributed by atoms with E-state index in [9.17, 15) is 0 Å². The predicted molar refractivity (Wildman–Crippen MR) is 77.3 cm³/mol. The topological polar surface area (TPSA) is 27.0 Å². The third-order valence-electron chi connectivity index (χ3n) is 3.99. The van der Waals surface area contributed by atoms with Crippen LogP contribution in [0.25, 0.3) is 0 Å². The molecule has 1 saturated carbocycles. The van der Waals surface area contributed by atoms with Crippen molar-refractivity contribution in [1.29, 1.82) is 5.26 Å². The Bertz CT molecular complexity index is 269. The molecule has 1 fully saturated rings. The van der Waals surface area contributed by atoms with Crippen molar-refractivity contribution in [1.82, 2.24) is 4.90 Å². The van der Waals surface area contributed by atoms with Gasteiger partial charge in [-0.05, 0) is 52.0 Å². The van der Waals surface area contributed by atoms with Crippen molar-refractivity contribution in [3.63, 3.8) is 0 Å². The summed E-state index contributed by atoms with van der Waals surface area (Å²) in [6, 6.07) is 3.22. The molecule has 0 N–H and O–H groups in total. The summed E-state index contributed by atoms with van der Waals surface area (Å²) in [6.45, 7) is 11.1. The van der Waals surface area contributed by atoms with Gasteiger partial charge < -0.3 is 4.90 Å². The average Bonchev–Trinajstić information content (AvgIpc) is 2.80. The smallest absolute Gasteiger partial charge is 0.0683 e. The first-order chi connectivity index (χ1) is 8.44. The molecule has 2 nitrogen and oxygen atoms in total. The molecular weight excluding hydrogens is 220 g/mol. The van der Waals surface area contributed by atoms with Crippen molar-refractivity contribution < 1.29 is 0 Å². The average molecular weight is 250 g/mol. The summed E-state index contributed by atoms with van der Waals surface area (Å²) in [5, 5.41) is 9.05. The third kappa shape index (κ3) is 5.40. The lowest BCUT2D eigenvalue weighted by atomic mass is 9.89. The van der Waals surface area contributed by atoms with Crippen molar-refractivity contribution in [2.75, 3.05) is 13.1 Å². The summed E-state index contributed by atoms with van der Waals surface area (Å²) in [5.41, 5.74) is -0.154. The second-order valence-corrected chi connectivity index (χ2v) is 6.93. The lowest BCUT2D eigenvalue weighted by Crippen LogP contribution is -2.37. The van der Waals surface area contributed by atoms with E-state index in [1.54, 1.807) is 0 Å². The summed E-state index contributed by atoms with van der Waals surface area (Å²) in [4.78, 5) is 2.69. The minimum atomic E-state index is -0.154. The van der Waals surface area contributed by atoms with E-state index in [2.05, 4.69) is 38.7 Å². The molecule has 0 aliphatic heterocycles. The highest BCUT2D eigenvalue weighted by atomic mass is 15.2. The van der Waals surface area contributed by atoms with Crippen LogP contribution in [0.3, 0.4) is 0 Å². The molecule has 0 aromatic carbocycles. The van der Waals surface area contributed by atoms with Crippen LogP contribution in [-0.4, -0.2) is 24.0 Å². The van der Waals surface area contributed by atoms with Gasteiger partial charge in [0.15, 0.2) is 0 Å². The summed E-state index contributed by atoms with van der Waals surface area (Å²) in [7, 11) is 0. The Hall–Kier alpha value is -0.550. The molecule has 0 saturated heterocycles. The van der Waals surface area contributed by atoms with Gasteiger partial charge in [-0.3, -0.25) is 0 Å². The number of nitriles is 1. The zero-order valence-corrected chi connectivity index (χ0v) is 12.7. The Kier molecular flexibility index (Phi) is 6.15. The quantitative estimate of drug-likeness (QED) is 0.676. The highest BCUT2D eigenvalue weighted by molar-refractivity contribution is 4.91. The van der Waals surface area contributed by atoms with E-state index in [1.165, 1.54) is 38.8 Å². The molecule has 1 rings (SSSR count). The fourth-order valence-corrected chi connectivity index (χ4v) is 2.94. The van der Waals surface area contributed by atoms with Gasteiger partial charge >= 0.3 is 0 Å². The maximum Gasteiger partial charge on any atom is 0.0683 e. The Balaban J connectivity index is 2.39. The fraction of sp³-hybridized carbons (Fsp3) is 0.938. The predicted octanol–water partition coefficient (Wildman–Crippen LogP) is 4.22. The molecular formula is C16H30N2. The van der Waals surface area contributed by atoms with Gasteiger partial charge in [0.05, 0.1) is 11.5 Å². The van der Waals surface area contributed by atoms with E-state index in [0.717, 1.165) is 24.8 Å². The lowest BCUT2D eigenvalue weighted by Gasteiger charge is -2.31. The molecule has 0 spiro atoms.